The lowest BCUT2D eigenvalue weighted by molar-refractivity contribution is -0.348. The molecule has 2 nitrogen and oxygen atoms in total. The molecule has 0 saturated heterocycles. The summed E-state index contributed by atoms with van der Waals surface area (Å²) in [5.74, 6) is 0. The third kappa shape index (κ3) is 2.30. The summed E-state index contributed by atoms with van der Waals surface area (Å²) in [4.78, 5) is 0. The Hall–Kier alpha value is -1.98. The van der Waals surface area contributed by atoms with Gasteiger partial charge in [-0.2, -0.15) is 31.6 Å². The van der Waals surface area contributed by atoms with Crippen LogP contribution < -0.4 is 5.73 Å². The van der Waals surface area contributed by atoms with Gasteiger partial charge in [0.15, 0.2) is 0 Å². The zero-order valence-corrected chi connectivity index (χ0v) is 8.90. The van der Waals surface area contributed by atoms with E-state index in [1.807, 2.05) is 0 Å². The number of nitrogens with zero attached hydrogens (tertiary/aromatic N) is 1. The predicted octanol–water partition coefficient (Wildman–Crippen LogP) is 3.43. The fourth-order valence-corrected chi connectivity index (χ4v) is 1.41. The highest BCUT2D eigenvalue weighted by Crippen LogP contribution is 2.54. The van der Waals surface area contributed by atoms with Crippen LogP contribution in [0.25, 0.3) is 0 Å². The molecule has 0 bridgehead atoms. The summed E-state index contributed by atoms with van der Waals surface area (Å²) >= 11 is 0. The number of rotatable bonds is 1. The molecule has 0 amide bonds. The highest BCUT2D eigenvalue weighted by Gasteiger charge is 2.74. The van der Waals surface area contributed by atoms with Crippen molar-refractivity contribution in [2.75, 3.05) is 5.73 Å². The van der Waals surface area contributed by atoms with Gasteiger partial charge in [-0.25, -0.2) is 4.39 Å². The summed E-state index contributed by atoms with van der Waals surface area (Å²) < 4.78 is 88.6. The van der Waals surface area contributed by atoms with Crippen LogP contribution in [-0.2, 0) is 5.67 Å². The van der Waals surface area contributed by atoms with Gasteiger partial charge in [0.2, 0.25) is 0 Å². The van der Waals surface area contributed by atoms with Crippen molar-refractivity contribution in [3.63, 3.8) is 0 Å². The zero-order valence-electron chi connectivity index (χ0n) is 8.90. The van der Waals surface area contributed by atoms with E-state index in [1.54, 1.807) is 0 Å². The molecule has 0 unspecified atom stereocenters. The fraction of sp³-hybridized carbons (Fsp3) is 0.300. The second-order valence-electron chi connectivity index (χ2n) is 3.57. The molecule has 0 radical (unpaired) electrons. The van der Waals surface area contributed by atoms with Crippen molar-refractivity contribution in [1.29, 1.82) is 5.26 Å². The zero-order chi connectivity index (χ0) is 15.1. The SMILES string of the molecule is N#Cc1ccc(N)cc1C(F)(C(F)(F)F)C(F)(F)F. The maximum Gasteiger partial charge on any atom is 0.435 e. The highest BCUT2D eigenvalue weighted by atomic mass is 19.4. The van der Waals surface area contributed by atoms with Gasteiger partial charge in [0.25, 0.3) is 0 Å². The summed E-state index contributed by atoms with van der Waals surface area (Å²) in [6.07, 6.45) is -12.5. The van der Waals surface area contributed by atoms with Gasteiger partial charge in [0.1, 0.15) is 0 Å². The largest absolute Gasteiger partial charge is 0.435 e. The van der Waals surface area contributed by atoms with E-state index in [2.05, 4.69) is 0 Å². The molecule has 0 aromatic heterocycles. The second-order valence-corrected chi connectivity index (χ2v) is 3.57. The lowest BCUT2D eigenvalue weighted by atomic mass is 9.90. The summed E-state index contributed by atoms with van der Waals surface area (Å²) in [6.45, 7) is 0. The first-order valence-electron chi connectivity index (χ1n) is 4.57. The van der Waals surface area contributed by atoms with Gasteiger partial charge in [0.05, 0.1) is 11.6 Å². The van der Waals surface area contributed by atoms with Gasteiger partial charge in [-0.15, -0.1) is 0 Å². The van der Waals surface area contributed by atoms with Crippen LogP contribution in [-0.4, -0.2) is 12.4 Å². The Labute approximate surface area is 102 Å². The molecule has 0 aliphatic carbocycles. The van der Waals surface area contributed by atoms with E-state index in [-0.39, 0.29) is 6.07 Å². The van der Waals surface area contributed by atoms with Gasteiger partial charge in [-0.1, -0.05) is 0 Å². The minimum absolute atomic E-state index is 0.152. The number of alkyl halides is 7. The van der Waals surface area contributed by atoms with E-state index in [0.29, 0.717) is 6.07 Å². The third-order valence-corrected chi connectivity index (χ3v) is 2.32. The Morgan fingerprint density at radius 2 is 1.42 bits per heavy atom. The van der Waals surface area contributed by atoms with Crippen molar-refractivity contribution >= 4 is 5.69 Å². The monoisotopic (exact) mass is 286 g/mol. The van der Waals surface area contributed by atoms with Crippen LogP contribution in [0.2, 0.25) is 0 Å². The molecule has 0 atom stereocenters. The van der Waals surface area contributed by atoms with E-state index in [1.165, 1.54) is 0 Å². The van der Waals surface area contributed by atoms with Gasteiger partial charge >= 0.3 is 18.0 Å². The number of halogens is 7. The third-order valence-electron chi connectivity index (χ3n) is 2.32. The van der Waals surface area contributed by atoms with Crippen LogP contribution >= 0.6 is 0 Å². The van der Waals surface area contributed by atoms with Crippen LogP contribution in [0, 0.1) is 11.3 Å². The lowest BCUT2D eigenvalue weighted by Crippen LogP contribution is -2.50. The summed E-state index contributed by atoms with van der Waals surface area (Å²) in [5.41, 5.74) is -4.08. The minimum Gasteiger partial charge on any atom is -0.399 e. The molecule has 0 saturated carbocycles. The van der Waals surface area contributed by atoms with E-state index >= 15 is 0 Å². The van der Waals surface area contributed by atoms with Crippen molar-refractivity contribution in [1.82, 2.24) is 0 Å². The van der Waals surface area contributed by atoms with Crippen molar-refractivity contribution < 1.29 is 30.7 Å². The van der Waals surface area contributed by atoms with Crippen LogP contribution in [0.1, 0.15) is 11.1 Å². The van der Waals surface area contributed by atoms with Gasteiger partial charge in [-0.05, 0) is 18.2 Å². The molecule has 0 spiro atoms. The Morgan fingerprint density at radius 1 is 0.947 bits per heavy atom. The topological polar surface area (TPSA) is 49.8 Å². The normalized spacial score (nSPS) is 13.2. The van der Waals surface area contributed by atoms with E-state index in [4.69, 9.17) is 11.0 Å². The molecule has 9 heteroatoms. The molecule has 0 aliphatic heterocycles. The molecule has 0 fully saturated rings. The van der Waals surface area contributed by atoms with E-state index in [0.717, 1.165) is 12.1 Å². The Morgan fingerprint density at radius 3 is 1.79 bits per heavy atom. The Kier molecular flexibility index (Phi) is 3.41. The second kappa shape index (κ2) is 4.29. The molecule has 1 aromatic rings. The average molecular weight is 286 g/mol. The number of hydrogen-bond acceptors (Lipinski definition) is 2. The fourth-order valence-electron chi connectivity index (χ4n) is 1.41. The standard InChI is InChI=1S/C10H5F7N2/c11-8(9(12,13)14,10(15,16)17)7-3-6(19)2-1-5(7)4-18/h1-3H,19H2. The molecule has 1 aromatic carbocycles. The first kappa shape index (κ1) is 15.1. The number of nitrogen functional groups attached to an aromatic ring is 1. The number of nitriles is 1. The number of benzene rings is 1. The Balaban J connectivity index is 3.71. The predicted molar refractivity (Wildman–Crippen MR) is 50.5 cm³/mol. The Bertz CT molecular complexity index is 510. The summed E-state index contributed by atoms with van der Waals surface area (Å²) in [6, 6.07) is 2.72. The van der Waals surface area contributed by atoms with E-state index in [9.17, 15) is 30.7 Å². The van der Waals surface area contributed by atoms with Crippen molar-refractivity contribution in [3.05, 3.63) is 29.3 Å². The first-order chi connectivity index (χ1) is 8.45. The molecule has 2 N–H and O–H groups in total. The minimum atomic E-state index is -6.27. The van der Waals surface area contributed by atoms with Crippen molar-refractivity contribution in [2.24, 2.45) is 0 Å². The first-order valence-corrected chi connectivity index (χ1v) is 4.57. The average Bonchev–Trinajstić information content (AvgIpc) is 2.24. The molecular formula is C10H5F7N2. The van der Waals surface area contributed by atoms with E-state index < -0.39 is 34.8 Å². The molecule has 0 heterocycles. The van der Waals surface area contributed by atoms with Crippen molar-refractivity contribution in [2.45, 2.75) is 18.0 Å². The summed E-state index contributed by atoms with van der Waals surface area (Å²) in [5, 5.41) is 8.51. The van der Waals surface area contributed by atoms with Gasteiger partial charge in [-0.3, -0.25) is 0 Å². The quantitative estimate of drug-likeness (QED) is 0.635. The van der Waals surface area contributed by atoms with Gasteiger partial charge < -0.3 is 5.73 Å². The molecule has 19 heavy (non-hydrogen) atoms. The molecule has 104 valence electrons. The maximum absolute atomic E-state index is 13.7. The lowest BCUT2D eigenvalue weighted by Gasteiger charge is -2.31. The number of hydrogen-bond donors (Lipinski definition) is 1. The smallest absolute Gasteiger partial charge is 0.399 e. The van der Waals surface area contributed by atoms with Crippen LogP contribution in [0.3, 0.4) is 0 Å². The molecule has 0 aliphatic rings. The molecule has 1 rings (SSSR count). The number of nitrogens with two attached hydrogens (primary N) is 1. The van der Waals surface area contributed by atoms with Crippen LogP contribution in [0.5, 0.6) is 0 Å². The number of anilines is 1. The van der Waals surface area contributed by atoms with Gasteiger partial charge in [0, 0.05) is 11.3 Å². The van der Waals surface area contributed by atoms with Crippen molar-refractivity contribution in [3.8, 4) is 6.07 Å². The van der Waals surface area contributed by atoms with Crippen LogP contribution in [0.15, 0.2) is 18.2 Å². The highest BCUT2D eigenvalue weighted by molar-refractivity contribution is 5.52. The van der Waals surface area contributed by atoms with Crippen LogP contribution in [0.4, 0.5) is 36.4 Å². The molecular weight excluding hydrogens is 281 g/mol. The summed E-state index contributed by atoms with van der Waals surface area (Å²) in [7, 11) is 0. The maximum atomic E-state index is 13.7.